The van der Waals surface area contributed by atoms with Crippen molar-refractivity contribution in [1.29, 1.82) is 0 Å². The van der Waals surface area contributed by atoms with Crippen molar-refractivity contribution in [3.8, 4) is 5.75 Å². The maximum Gasteiger partial charge on any atom is 0.184 e. The number of hydrogen-bond donors (Lipinski definition) is 0. The van der Waals surface area contributed by atoms with Crippen LogP contribution in [0.1, 0.15) is 18.9 Å². The molecule has 0 amide bonds. The molecule has 2 aromatic rings. The van der Waals surface area contributed by atoms with Crippen molar-refractivity contribution in [2.75, 3.05) is 0 Å². The van der Waals surface area contributed by atoms with Gasteiger partial charge in [0, 0.05) is 5.56 Å². The normalized spacial score (nSPS) is 21.9. The van der Waals surface area contributed by atoms with Gasteiger partial charge in [-0.05, 0) is 18.6 Å². The highest BCUT2D eigenvalue weighted by Crippen LogP contribution is 2.54. The largest absolute Gasteiger partial charge is 0.471 e. The van der Waals surface area contributed by atoms with Gasteiger partial charge in [0.1, 0.15) is 5.75 Å². The van der Waals surface area contributed by atoms with Crippen LogP contribution in [0.3, 0.4) is 0 Å². The lowest BCUT2D eigenvalue weighted by molar-refractivity contribution is 0.170. The van der Waals surface area contributed by atoms with Gasteiger partial charge < -0.3 is 4.74 Å². The van der Waals surface area contributed by atoms with E-state index in [2.05, 4.69) is 43.3 Å². The van der Waals surface area contributed by atoms with E-state index in [-0.39, 0.29) is 4.93 Å². The molecule has 1 atom stereocenters. The molecule has 1 nitrogen and oxygen atoms in total. The molecule has 0 spiro atoms. The number of hydrogen-bond acceptors (Lipinski definition) is 2. The standard InChI is InChI=1S/C15H14OS/c1-2-15(12-8-4-3-5-9-12)16-13-10-6-7-11-14(13)17-15/h3-11H,2H2,1H3. The van der Waals surface area contributed by atoms with Crippen LogP contribution in [0.25, 0.3) is 0 Å². The molecule has 0 fully saturated rings. The first-order valence-electron chi connectivity index (χ1n) is 5.87. The van der Waals surface area contributed by atoms with Crippen LogP contribution >= 0.6 is 11.8 Å². The van der Waals surface area contributed by atoms with Crippen molar-refractivity contribution < 1.29 is 4.74 Å². The first kappa shape index (κ1) is 10.7. The van der Waals surface area contributed by atoms with Gasteiger partial charge in [0.15, 0.2) is 4.93 Å². The summed E-state index contributed by atoms with van der Waals surface area (Å²) in [4.78, 5) is 0.989. The maximum absolute atomic E-state index is 6.19. The lowest BCUT2D eigenvalue weighted by Gasteiger charge is -2.26. The summed E-state index contributed by atoms with van der Waals surface area (Å²) >= 11 is 1.81. The van der Waals surface area contributed by atoms with E-state index in [4.69, 9.17) is 4.74 Å². The van der Waals surface area contributed by atoms with Gasteiger partial charge in [0.25, 0.3) is 0 Å². The quantitative estimate of drug-likeness (QED) is 0.770. The Kier molecular flexibility index (Phi) is 2.60. The fourth-order valence-electron chi connectivity index (χ4n) is 2.15. The van der Waals surface area contributed by atoms with Crippen LogP contribution in [0, 0.1) is 0 Å². The van der Waals surface area contributed by atoms with Crippen LogP contribution in [0.4, 0.5) is 0 Å². The number of benzene rings is 2. The molecule has 1 heterocycles. The predicted molar refractivity (Wildman–Crippen MR) is 71.3 cm³/mol. The highest BCUT2D eigenvalue weighted by Gasteiger charge is 2.40. The van der Waals surface area contributed by atoms with Gasteiger partial charge in [0.05, 0.1) is 4.90 Å². The minimum atomic E-state index is -0.245. The van der Waals surface area contributed by atoms with Crippen molar-refractivity contribution in [2.45, 2.75) is 23.2 Å². The Morgan fingerprint density at radius 2 is 1.71 bits per heavy atom. The van der Waals surface area contributed by atoms with E-state index in [1.54, 1.807) is 0 Å². The van der Waals surface area contributed by atoms with Crippen molar-refractivity contribution in [2.24, 2.45) is 0 Å². The topological polar surface area (TPSA) is 9.23 Å². The Bertz CT molecular complexity index is 496. The van der Waals surface area contributed by atoms with Gasteiger partial charge in [-0.3, -0.25) is 0 Å². The van der Waals surface area contributed by atoms with Gasteiger partial charge in [-0.25, -0.2) is 0 Å². The Morgan fingerprint density at radius 1 is 1.00 bits per heavy atom. The zero-order chi connectivity index (χ0) is 11.7. The first-order chi connectivity index (χ1) is 8.34. The zero-order valence-corrected chi connectivity index (χ0v) is 10.5. The fourth-order valence-corrected chi connectivity index (χ4v) is 3.40. The molecule has 1 aliphatic rings. The van der Waals surface area contributed by atoms with Crippen LogP contribution in [0.2, 0.25) is 0 Å². The summed E-state index contributed by atoms with van der Waals surface area (Å²) in [5.41, 5.74) is 1.24. The molecule has 0 aliphatic carbocycles. The minimum absolute atomic E-state index is 0.245. The van der Waals surface area contributed by atoms with Crippen LogP contribution < -0.4 is 4.74 Å². The Hall–Kier alpha value is -1.41. The van der Waals surface area contributed by atoms with E-state index >= 15 is 0 Å². The van der Waals surface area contributed by atoms with Crippen molar-refractivity contribution in [1.82, 2.24) is 0 Å². The monoisotopic (exact) mass is 242 g/mol. The number of rotatable bonds is 2. The van der Waals surface area contributed by atoms with Gasteiger partial charge >= 0.3 is 0 Å². The molecule has 0 N–H and O–H groups in total. The Balaban J connectivity index is 2.03. The summed E-state index contributed by atoms with van der Waals surface area (Å²) in [5, 5.41) is 0. The lowest BCUT2D eigenvalue weighted by Crippen LogP contribution is -2.24. The number of para-hydroxylation sites is 1. The third-order valence-electron chi connectivity index (χ3n) is 3.08. The summed E-state index contributed by atoms with van der Waals surface area (Å²) in [6.07, 6.45) is 0.955. The summed E-state index contributed by atoms with van der Waals surface area (Å²) in [7, 11) is 0. The zero-order valence-electron chi connectivity index (χ0n) is 9.72. The second-order valence-corrected chi connectivity index (χ2v) is 5.43. The van der Waals surface area contributed by atoms with E-state index in [0.29, 0.717) is 0 Å². The minimum Gasteiger partial charge on any atom is -0.471 e. The fraction of sp³-hybridized carbons (Fsp3) is 0.200. The summed E-state index contributed by atoms with van der Waals surface area (Å²) in [6, 6.07) is 18.7. The number of fused-ring (bicyclic) bond motifs is 1. The maximum atomic E-state index is 6.19. The van der Waals surface area contributed by atoms with Crippen molar-refractivity contribution in [3.05, 3.63) is 60.2 Å². The SMILES string of the molecule is CCC1(c2ccccc2)Oc2ccccc2S1. The average Bonchev–Trinajstić information content (AvgIpc) is 2.79. The first-order valence-corrected chi connectivity index (χ1v) is 6.68. The molecule has 1 unspecified atom stereocenters. The molecular weight excluding hydrogens is 228 g/mol. The molecule has 3 rings (SSSR count). The van der Waals surface area contributed by atoms with Gasteiger partial charge in [-0.2, -0.15) is 0 Å². The average molecular weight is 242 g/mol. The molecule has 17 heavy (non-hydrogen) atoms. The second-order valence-electron chi connectivity index (χ2n) is 4.12. The highest BCUT2D eigenvalue weighted by molar-refractivity contribution is 8.00. The summed E-state index contributed by atoms with van der Waals surface area (Å²) in [6.45, 7) is 2.17. The van der Waals surface area contributed by atoms with Crippen LogP contribution in [0.15, 0.2) is 59.5 Å². The van der Waals surface area contributed by atoms with Gasteiger partial charge in [-0.1, -0.05) is 61.2 Å². The van der Waals surface area contributed by atoms with Crippen molar-refractivity contribution >= 4 is 11.8 Å². The predicted octanol–water partition coefficient (Wildman–Crippen LogP) is 4.43. The highest BCUT2D eigenvalue weighted by atomic mass is 32.2. The Labute approximate surface area is 106 Å². The van der Waals surface area contributed by atoms with Crippen LogP contribution in [0.5, 0.6) is 5.75 Å². The lowest BCUT2D eigenvalue weighted by atomic mass is 10.1. The summed E-state index contributed by atoms with van der Waals surface area (Å²) in [5.74, 6) is 1.00. The molecule has 0 radical (unpaired) electrons. The van der Waals surface area contributed by atoms with Crippen molar-refractivity contribution in [3.63, 3.8) is 0 Å². The molecule has 0 aromatic heterocycles. The summed E-state index contributed by atoms with van der Waals surface area (Å²) < 4.78 is 6.19. The molecular formula is C15H14OS. The van der Waals surface area contributed by atoms with E-state index in [1.807, 2.05) is 30.0 Å². The van der Waals surface area contributed by atoms with E-state index in [1.165, 1.54) is 10.5 Å². The molecule has 0 bridgehead atoms. The molecule has 0 saturated heterocycles. The van der Waals surface area contributed by atoms with E-state index in [0.717, 1.165) is 12.2 Å². The third kappa shape index (κ3) is 1.73. The molecule has 2 aromatic carbocycles. The van der Waals surface area contributed by atoms with Gasteiger partial charge in [-0.15, -0.1) is 0 Å². The molecule has 0 saturated carbocycles. The Morgan fingerprint density at radius 3 is 2.41 bits per heavy atom. The molecule has 1 aliphatic heterocycles. The van der Waals surface area contributed by atoms with Crippen LogP contribution in [-0.4, -0.2) is 0 Å². The molecule has 86 valence electrons. The smallest absolute Gasteiger partial charge is 0.184 e. The van der Waals surface area contributed by atoms with Gasteiger partial charge in [0.2, 0.25) is 0 Å². The number of ether oxygens (including phenoxy) is 1. The second kappa shape index (κ2) is 4.11. The van der Waals surface area contributed by atoms with E-state index in [9.17, 15) is 0 Å². The third-order valence-corrected chi connectivity index (χ3v) is 4.57. The van der Waals surface area contributed by atoms with Crippen LogP contribution in [-0.2, 0) is 4.93 Å². The van der Waals surface area contributed by atoms with E-state index < -0.39 is 0 Å². The molecule has 2 heteroatoms. The number of thioether (sulfide) groups is 1.